The molecule has 0 spiro atoms. The number of fused-ring (bicyclic) bond motifs is 1. The minimum atomic E-state index is -0.623. The van der Waals surface area contributed by atoms with E-state index in [4.69, 9.17) is 16.3 Å². The van der Waals surface area contributed by atoms with Gasteiger partial charge in [0.05, 0.1) is 11.8 Å². The lowest BCUT2D eigenvalue weighted by Crippen LogP contribution is -2.40. The Hall–Kier alpha value is -2.72. The lowest BCUT2D eigenvalue weighted by molar-refractivity contribution is 0.0576. The summed E-state index contributed by atoms with van der Waals surface area (Å²) in [4.78, 5) is 27.0. The zero-order valence-electron chi connectivity index (χ0n) is 16.4. The third kappa shape index (κ3) is 3.78. The number of nitrogens with zero attached hydrogens (tertiary/aromatic N) is 5. The van der Waals surface area contributed by atoms with E-state index in [1.165, 1.54) is 4.90 Å². The van der Waals surface area contributed by atoms with Crippen LogP contribution >= 0.6 is 11.6 Å². The molecule has 0 aliphatic carbocycles. The predicted octanol–water partition coefficient (Wildman–Crippen LogP) is 4.51. The van der Waals surface area contributed by atoms with Gasteiger partial charge in [-0.2, -0.15) is 5.26 Å². The highest BCUT2D eigenvalue weighted by Crippen LogP contribution is 2.45. The number of pyridine rings is 1. The SMILES string of the molecule is CCC1(CC#N)CN(C(=O)OC(C)(C)C)c2ncc(-c3ccnc(Cl)n3)cc21. The molecule has 28 heavy (non-hydrogen) atoms. The van der Waals surface area contributed by atoms with Crippen LogP contribution < -0.4 is 4.90 Å². The summed E-state index contributed by atoms with van der Waals surface area (Å²) in [7, 11) is 0. The number of rotatable bonds is 3. The van der Waals surface area contributed by atoms with Crippen molar-refractivity contribution in [1.82, 2.24) is 15.0 Å². The van der Waals surface area contributed by atoms with Crippen LogP contribution in [0.2, 0.25) is 5.28 Å². The standard InChI is InChI=1S/C20H22ClN5O2/c1-5-20(7-8-22)12-26(18(27)28-19(2,3)4)16-14(20)10-13(11-24-16)15-6-9-23-17(21)25-15/h6,9-11H,5,7,12H2,1-4H3. The van der Waals surface area contributed by atoms with E-state index in [1.807, 2.05) is 33.8 Å². The molecule has 0 aromatic carbocycles. The number of ether oxygens (including phenoxy) is 1. The molecule has 1 amide bonds. The number of carbonyl (C=O) groups excluding carboxylic acids is 1. The van der Waals surface area contributed by atoms with E-state index in [1.54, 1.807) is 18.5 Å². The van der Waals surface area contributed by atoms with Gasteiger partial charge in [0, 0.05) is 41.9 Å². The van der Waals surface area contributed by atoms with Crippen molar-refractivity contribution in [3.8, 4) is 17.3 Å². The molecule has 1 unspecified atom stereocenters. The Labute approximate surface area is 169 Å². The van der Waals surface area contributed by atoms with E-state index in [0.29, 0.717) is 24.5 Å². The van der Waals surface area contributed by atoms with Gasteiger partial charge in [0.2, 0.25) is 5.28 Å². The molecule has 2 aromatic rings. The van der Waals surface area contributed by atoms with Gasteiger partial charge >= 0.3 is 6.09 Å². The topological polar surface area (TPSA) is 92.0 Å². The summed E-state index contributed by atoms with van der Waals surface area (Å²) in [5, 5.41) is 9.58. The lowest BCUT2D eigenvalue weighted by atomic mass is 9.77. The highest BCUT2D eigenvalue weighted by Gasteiger charge is 2.46. The average Bonchev–Trinajstić information content (AvgIpc) is 2.95. The largest absolute Gasteiger partial charge is 0.443 e. The molecule has 7 nitrogen and oxygen atoms in total. The Kier molecular flexibility index (Phi) is 5.26. The molecule has 0 radical (unpaired) electrons. The van der Waals surface area contributed by atoms with Gasteiger partial charge in [0.15, 0.2) is 0 Å². The van der Waals surface area contributed by atoms with E-state index < -0.39 is 17.1 Å². The van der Waals surface area contributed by atoms with E-state index in [2.05, 4.69) is 21.0 Å². The monoisotopic (exact) mass is 399 g/mol. The fraction of sp³-hybridized carbons (Fsp3) is 0.450. The Morgan fingerprint density at radius 2 is 2.18 bits per heavy atom. The molecule has 3 rings (SSSR count). The van der Waals surface area contributed by atoms with Crippen molar-refractivity contribution in [3.05, 3.63) is 35.4 Å². The molecule has 0 saturated carbocycles. The molecule has 1 atom stereocenters. The van der Waals surface area contributed by atoms with Crippen LogP contribution in [0.4, 0.5) is 10.6 Å². The Morgan fingerprint density at radius 1 is 1.43 bits per heavy atom. The highest BCUT2D eigenvalue weighted by atomic mass is 35.5. The van der Waals surface area contributed by atoms with Crippen LogP contribution in [0.5, 0.6) is 0 Å². The van der Waals surface area contributed by atoms with Crippen LogP contribution in [0.25, 0.3) is 11.3 Å². The summed E-state index contributed by atoms with van der Waals surface area (Å²) in [6.45, 7) is 7.81. The van der Waals surface area contributed by atoms with Crippen LogP contribution in [-0.2, 0) is 10.2 Å². The molecule has 146 valence electrons. The molecule has 1 aliphatic rings. The molecule has 3 heterocycles. The first-order valence-corrected chi connectivity index (χ1v) is 9.44. The van der Waals surface area contributed by atoms with Crippen molar-refractivity contribution in [2.24, 2.45) is 0 Å². The van der Waals surface area contributed by atoms with Crippen LogP contribution in [0.3, 0.4) is 0 Å². The van der Waals surface area contributed by atoms with Crippen LogP contribution in [0, 0.1) is 11.3 Å². The minimum Gasteiger partial charge on any atom is -0.443 e. The maximum Gasteiger partial charge on any atom is 0.416 e. The van der Waals surface area contributed by atoms with Crippen molar-refractivity contribution >= 4 is 23.5 Å². The summed E-state index contributed by atoms with van der Waals surface area (Å²) in [5.74, 6) is 0.523. The van der Waals surface area contributed by atoms with Gasteiger partial charge in [-0.25, -0.2) is 19.7 Å². The Bertz CT molecular complexity index is 950. The molecule has 0 bridgehead atoms. The molecular formula is C20H22ClN5O2. The average molecular weight is 400 g/mol. The number of carbonyl (C=O) groups is 1. The quantitative estimate of drug-likeness (QED) is 0.705. The normalized spacial score (nSPS) is 18.5. The van der Waals surface area contributed by atoms with Crippen molar-refractivity contribution in [3.63, 3.8) is 0 Å². The number of hydrogen-bond acceptors (Lipinski definition) is 6. The molecular weight excluding hydrogens is 378 g/mol. The van der Waals surface area contributed by atoms with Gasteiger partial charge < -0.3 is 4.74 Å². The fourth-order valence-electron chi connectivity index (χ4n) is 3.36. The number of aromatic nitrogens is 3. The Morgan fingerprint density at radius 3 is 2.79 bits per heavy atom. The van der Waals surface area contributed by atoms with Gasteiger partial charge in [0.1, 0.15) is 11.4 Å². The van der Waals surface area contributed by atoms with E-state index in [0.717, 1.165) is 11.1 Å². The predicted molar refractivity (Wildman–Crippen MR) is 106 cm³/mol. The summed E-state index contributed by atoms with van der Waals surface area (Å²) >= 11 is 5.92. The second-order valence-corrected chi connectivity index (χ2v) is 8.18. The Balaban J connectivity index is 2.09. The van der Waals surface area contributed by atoms with Crippen molar-refractivity contribution in [2.75, 3.05) is 11.4 Å². The van der Waals surface area contributed by atoms with Gasteiger partial charge in [-0.3, -0.25) is 4.90 Å². The van der Waals surface area contributed by atoms with Crippen molar-refractivity contribution in [2.45, 2.75) is 51.6 Å². The summed E-state index contributed by atoms with van der Waals surface area (Å²) < 4.78 is 5.55. The van der Waals surface area contributed by atoms with E-state index >= 15 is 0 Å². The molecule has 0 saturated heterocycles. The van der Waals surface area contributed by atoms with Crippen LogP contribution in [0.15, 0.2) is 24.5 Å². The molecule has 8 heteroatoms. The summed E-state index contributed by atoms with van der Waals surface area (Å²) in [5.41, 5.74) is 1.09. The maximum atomic E-state index is 12.8. The third-order valence-corrected chi connectivity index (χ3v) is 4.97. The van der Waals surface area contributed by atoms with Gasteiger partial charge in [-0.15, -0.1) is 0 Å². The smallest absolute Gasteiger partial charge is 0.416 e. The zero-order chi connectivity index (χ0) is 20.5. The third-order valence-electron chi connectivity index (χ3n) is 4.78. The summed E-state index contributed by atoms with van der Waals surface area (Å²) in [6.07, 6.45) is 3.71. The number of halogens is 1. The number of hydrogen-bond donors (Lipinski definition) is 0. The van der Waals surface area contributed by atoms with Crippen LogP contribution in [-0.4, -0.2) is 33.2 Å². The second-order valence-electron chi connectivity index (χ2n) is 7.84. The molecule has 2 aromatic heterocycles. The zero-order valence-corrected chi connectivity index (χ0v) is 17.1. The number of nitriles is 1. The van der Waals surface area contributed by atoms with Crippen LogP contribution in [0.1, 0.15) is 46.1 Å². The minimum absolute atomic E-state index is 0.146. The lowest BCUT2D eigenvalue weighted by Gasteiger charge is -2.27. The van der Waals surface area contributed by atoms with Gasteiger partial charge in [-0.1, -0.05) is 6.92 Å². The van der Waals surface area contributed by atoms with E-state index in [9.17, 15) is 10.1 Å². The number of amides is 1. The fourth-order valence-corrected chi connectivity index (χ4v) is 3.51. The molecule has 1 aliphatic heterocycles. The maximum absolute atomic E-state index is 12.8. The first-order chi connectivity index (χ1) is 13.2. The van der Waals surface area contributed by atoms with E-state index in [-0.39, 0.29) is 11.7 Å². The number of anilines is 1. The molecule has 0 fully saturated rings. The van der Waals surface area contributed by atoms with Gasteiger partial charge in [-0.05, 0) is 50.9 Å². The van der Waals surface area contributed by atoms with Crippen molar-refractivity contribution in [1.29, 1.82) is 5.26 Å². The van der Waals surface area contributed by atoms with Crippen molar-refractivity contribution < 1.29 is 9.53 Å². The van der Waals surface area contributed by atoms with Gasteiger partial charge in [0.25, 0.3) is 0 Å². The highest BCUT2D eigenvalue weighted by molar-refractivity contribution is 6.28. The molecule has 0 N–H and O–H groups in total. The first-order valence-electron chi connectivity index (χ1n) is 9.06. The summed E-state index contributed by atoms with van der Waals surface area (Å²) in [6, 6.07) is 5.95. The second kappa shape index (κ2) is 7.36. The first kappa shape index (κ1) is 20.0.